The van der Waals surface area contributed by atoms with Gasteiger partial charge in [-0.3, -0.25) is 9.69 Å². The molecule has 1 aromatic carbocycles. The molecule has 0 bridgehead atoms. The van der Waals surface area contributed by atoms with E-state index in [-0.39, 0.29) is 11.6 Å². The van der Waals surface area contributed by atoms with Crippen LogP contribution in [-0.4, -0.2) is 49.2 Å². The molecular weight excluding hydrogens is 358 g/mol. The predicted molar refractivity (Wildman–Crippen MR) is 107 cm³/mol. The van der Waals surface area contributed by atoms with Crippen molar-refractivity contribution in [1.82, 2.24) is 15.2 Å². The molecule has 7 heteroatoms. The van der Waals surface area contributed by atoms with Crippen LogP contribution in [0.15, 0.2) is 34.9 Å². The fraction of sp³-hybridized carbons (Fsp3) is 0.524. The summed E-state index contributed by atoms with van der Waals surface area (Å²) in [4.78, 5) is 18.8. The van der Waals surface area contributed by atoms with Crippen molar-refractivity contribution in [2.45, 2.75) is 39.9 Å². The highest BCUT2D eigenvalue weighted by Crippen LogP contribution is 2.19. The first-order valence-electron chi connectivity index (χ1n) is 9.53. The Morgan fingerprint density at radius 1 is 1.18 bits per heavy atom. The Hall–Kier alpha value is -2.38. The van der Waals surface area contributed by atoms with Gasteiger partial charge in [0.15, 0.2) is 5.69 Å². The lowest BCUT2D eigenvalue weighted by molar-refractivity contribution is 0.0932. The predicted octanol–water partition coefficient (Wildman–Crippen LogP) is 3.11. The Balaban J connectivity index is 2.06. The van der Waals surface area contributed by atoms with Crippen LogP contribution in [0.2, 0.25) is 0 Å². The number of nitrogens with zero attached hydrogens (tertiary/aromatic N) is 2. The maximum absolute atomic E-state index is 12.1. The monoisotopic (exact) mass is 389 g/mol. The zero-order chi connectivity index (χ0) is 20.5. The number of rotatable bonds is 11. The highest BCUT2D eigenvalue weighted by molar-refractivity contribution is 5.91. The number of carbonyl (C=O) groups excluding carboxylic acids is 1. The van der Waals surface area contributed by atoms with E-state index in [1.807, 2.05) is 12.1 Å². The van der Waals surface area contributed by atoms with Crippen LogP contribution in [0, 0.1) is 5.92 Å². The van der Waals surface area contributed by atoms with Crippen molar-refractivity contribution < 1.29 is 18.7 Å². The maximum atomic E-state index is 12.1. The minimum absolute atomic E-state index is 0.259. The molecule has 0 saturated heterocycles. The molecule has 28 heavy (non-hydrogen) atoms. The first-order valence-corrected chi connectivity index (χ1v) is 9.53. The van der Waals surface area contributed by atoms with Crippen molar-refractivity contribution in [2.24, 2.45) is 5.92 Å². The van der Waals surface area contributed by atoms with Crippen LogP contribution >= 0.6 is 0 Å². The molecule has 2 aromatic rings. The number of aromatic nitrogens is 1. The van der Waals surface area contributed by atoms with E-state index in [9.17, 15) is 4.79 Å². The molecule has 154 valence electrons. The number of carbonyl (C=O) groups is 1. The Kier molecular flexibility index (Phi) is 8.47. The van der Waals surface area contributed by atoms with Crippen molar-refractivity contribution in [3.8, 4) is 5.75 Å². The maximum Gasteiger partial charge on any atom is 0.273 e. The summed E-state index contributed by atoms with van der Waals surface area (Å²) < 4.78 is 15.7. The van der Waals surface area contributed by atoms with Crippen molar-refractivity contribution in [1.29, 1.82) is 0 Å². The van der Waals surface area contributed by atoms with Crippen LogP contribution in [0.3, 0.4) is 0 Å². The lowest BCUT2D eigenvalue weighted by Gasteiger charge is -2.30. The number of hydrogen-bond donors (Lipinski definition) is 1. The Morgan fingerprint density at radius 2 is 1.89 bits per heavy atom. The number of methoxy groups -OCH3 is 2. The van der Waals surface area contributed by atoms with E-state index in [1.54, 1.807) is 14.2 Å². The number of hydrogen-bond acceptors (Lipinski definition) is 6. The molecule has 1 aromatic heterocycles. The van der Waals surface area contributed by atoms with Crippen molar-refractivity contribution in [3.05, 3.63) is 47.7 Å². The van der Waals surface area contributed by atoms with Gasteiger partial charge in [-0.2, -0.15) is 0 Å². The fourth-order valence-electron chi connectivity index (χ4n) is 2.75. The van der Waals surface area contributed by atoms with Crippen LogP contribution in [0.4, 0.5) is 0 Å². The van der Waals surface area contributed by atoms with Crippen LogP contribution in [-0.2, 0) is 17.8 Å². The second-order valence-corrected chi connectivity index (χ2v) is 7.11. The van der Waals surface area contributed by atoms with E-state index in [4.69, 9.17) is 13.9 Å². The smallest absolute Gasteiger partial charge is 0.273 e. The molecule has 1 heterocycles. The quantitative estimate of drug-likeness (QED) is 0.595. The summed E-state index contributed by atoms with van der Waals surface area (Å²) in [5.41, 5.74) is 1.46. The van der Waals surface area contributed by atoms with Gasteiger partial charge >= 0.3 is 0 Å². The van der Waals surface area contributed by atoms with E-state index in [0.717, 1.165) is 12.3 Å². The van der Waals surface area contributed by atoms with Crippen LogP contribution in [0.1, 0.15) is 42.7 Å². The minimum Gasteiger partial charge on any atom is -0.497 e. The molecule has 0 saturated carbocycles. The average Bonchev–Trinajstić information content (AvgIpc) is 3.16. The first kappa shape index (κ1) is 21.9. The van der Waals surface area contributed by atoms with Gasteiger partial charge in [0.2, 0.25) is 5.89 Å². The molecule has 1 atom stereocenters. The number of nitrogens with one attached hydrogen (secondary N) is 1. The molecule has 2 rings (SSSR count). The summed E-state index contributed by atoms with van der Waals surface area (Å²) in [5.74, 6) is 1.57. The van der Waals surface area contributed by atoms with Gasteiger partial charge < -0.3 is 19.2 Å². The summed E-state index contributed by atoms with van der Waals surface area (Å²) in [6, 6.07) is 8.35. The van der Waals surface area contributed by atoms with E-state index in [1.165, 1.54) is 11.8 Å². The standard InChI is InChI=1S/C21H31N3O4/c1-15(2)16(3)24(12-17-6-8-18(27-5)9-7-17)13-20-23-19(14-28-20)21(25)22-10-11-26-4/h6-9,14-16H,10-13H2,1-5H3,(H,22,25). The minimum atomic E-state index is -0.259. The third-order valence-corrected chi connectivity index (χ3v) is 4.80. The van der Waals surface area contributed by atoms with Crippen LogP contribution in [0.25, 0.3) is 0 Å². The second-order valence-electron chi connectivity index (χ2n) is 7.11. The van der Waals surface area contributed by atoms with Gasteiger partial charge in [-0.15, -0.1) is 0 Å². The fourth-order valence-corrected chi connectivity index (χ4v) is 2.75. The zero-order valence-corrected chi connectivity index (χ0v) is 17.4. The molecule has 0 radical (unpaired) electrons. The summed E-state index contributed by atoms with van der Waals surface area (Å²) in [6.45, 7) is 8.74. The summed E-state index contributed by atoms with van der Waals surface area (Å²) >= 11 is 0. The highest BCUT2D eigenvalue weighted by atomic mass is 16.5. The zero-order valence-electron chi connectivity index (χ0n) is 17.4. The number of amides is 1. The van der Waals surface area contributed by atoms with E-state index in [2.05, 4.69) is 48.1 Å². The summed E-state index contributed by atoms with van der Waals surface area (Å²) in [7, 11) is 3.25. The normalized spacial score (nSPS) is 12.4. The van der Waals surface area contributed by atoms with Gasteiger partial charge in [0, 0.05) is 26.2 Å². The van der Waals surface area contributed by atoms with Crippen molar-refractivity contribution in [2.75, 3.05) is 27.4 Å². The van der Waals surface area contributed by atoms with E-state index >= 15 is 0 Å². The van der Waals surface area contributed by atoms with Crippen molar-refractivity contribution >= 4 is 5.91 Å². The lowest BCUT2D eigenvalue weighted by atomic mass is 10.0. The third kappa shape index (κ3) is 6.35. The molecule has 0 spiro atoms. The molecule has 0 fully saturated rings. The molecule has 0 aliphatic rings. The van der Waals surface area contributed by atoms with Gasteiger partial charge in [0.05, 0.1) is 20.3 Å². The van der Waals surface area contributed by atoms with Gasteiger partial charge in [-0.05, 0) is 30.5 Å². The van der Waals surface area contributed by atoms with Crippen molar-refractivity contribution in [3.63, 3.8) is 0 Å². The lowest BCUT2D eigenvalue weighted by Crippen LogP contribution is -2.36. The first-order chi connectivity index (χ1) is 13.4. The topological polar surface area (TPSA) is 76.8 Å². The van der Waals surface area contributed by atoms with Gasteiger partial charge in [-0.1, -0.05) is 26.0 Å². The average molecular weight is 389 g/mol. The SMILES string of the molecule is COCCNC(=O)c1coc(CN(Cc2ccc(OC)cc2)C(C)C(C)C)n1. The Bertz CT molecular complexity index is 728. The molecule has 0 aliphatic heterocycles. The Morgan fingerprint density at radius 3 is 2.50 bits per heavy atom. The molecule has 1 amide bonds. The summed E-state index contributed by atoms with van der Waals surface area (Å²) in [5, 5.41) is 2.75. The highest BCUT2D eigenvalue weighted by Gasteiger charge is 2.21. The number of ether oxygens (including phenoxy) is 2. The largest absolute Gasteiger partial charge is 0.497 e. The van der Waals surface area contributed by atoms with Gasteiger partial charge in [-0.25, -0.2) is 4.98 Å². The molecule has 0 aliphatic carbocycles. The molecule has 1 unspecified atom stereocenters. The second kappa shape index (κ2) is 10.8. The number of oxazole rings is 1. The molecule has 1 N–H and O–H groups in total. The van der Waals surface area contributed by atoms with Crippen LogP contribution in [0.5, 0.6) is 5.75 Å². The van der Waals surface area contributed by atoms with Gasteiger partial charge in [0.25, 0.3) is 5.91 Å². The van der Waals surface area contributed by atoms with Crippen LogP contribution < -0.4 is 10.1 Å². The van der Waals surface area contributed by atoms with Gasteiger partial charge in [0.1, 0.15) is 12.0 Å². The molecular formula is C21H31N3O4. The molecule has 7 nitrogen and oxygen atoms in total. The Labute approximate surface area is 167 Å². The number of benzene rings is 1. The third-order valence-electron chi connectivity index (χ3n) is 4.80. The summed E-state index contributed by atoms with van der Waals surface area (Å²) in [6.07, 6.45) is 1.41. The van der Waals surface area contributed by atoms with E-state index in [0.29, 0.717) is 37.5 Å². The van der Waals surface area contributed by atoms with E-state index < -0.39 is 0 Å².